The van der Waals surface area contributed by atoms with Gasteiger partial charge in [0.2, 0.25) is 17.8 Å². The summed E-state index contributed by atoms with van der Waals surface area (Å²) >= 11 is 0. The Bertz CT molecular complexity index is 2290. The normalized spacial score (nSPS) is 12.2. The predicted octanol–water partition coefficient (Wildman–Crippen LogP) is 3.76. The number of ether oxygens (including phenoxy) is 1. The van der Waals surface area contributed by atoms with Gasteiger partial charge in [0.05, 0.1) is 30.3 Å². The zero-order valence-corrected chi connectivity index (χ0v) is 27.7. The van der Waals surface area contributed by atoms with Crippen LogP contribution in [0.25, 0.3) is 10.8 Å². The van der Waals surface area contributed by atoms with Crippen LogP contribution in [-0.2, 0) is 39.6 Å². The number of aromatic nitrogens is 3. The summed E-state index contributed by atoms with van der Waals surface area (Å²) in [4.78, 5) is 21.8. The molecular formula is C27H27FN8O10S3. The first-order valence-electron chi connectivity index (χ1n) is 13.7. The van der Waals surface area contributed by atoms with Crippen LogP contribution in [0, 0.1) is 6.08 Å². The minimum absolute atomic E-state index is 0.0300. The maximum absolute atomic E-state index is 14.2. The Balaban J connectivity index is 1.58. The van der Waals surface area contributed by atoms with Crippen LogP contribution in [0.2, 0.25) is 0 Å². The summed E-state index contributed by atoms with van der Waals surface area (Å²) in [6.07, 6.45) is -1.14. The molecule has 0 radical (unpaired) electrons. The summed E-state index contributed by atoms with van der Waals surface area (Å²) in [6.45, 7) is 4.49. The maximum Gasteiger partial charge on any atom is 0.315 e. The number of amides is 1. The fourth-order valence-corrected chi connectivity index (χ4v) is 6.06. The fourth-order valence-electron chi connectivity index (χ4n) is 4.12. The van der Waals surface area contributed by atoms with Gasteiger partial charge >= 0.3 is 6.08 Å². The van der Waals surface area contributed by atoms with Gasteiger partial charge in [-0.2, -0.15) is 41.3 Å². The van der Waals surface area contributed by atoms with Crippen molar-refractivity contribution in [3.63, 3.8) is 0 Å². The molecule has 18 nitrogen and oxygen atoms in total. The Morgan fingerprint density at radius 2 is 1.63 bits per heavy atom. The van der Waals surface area contributed by atoms with E-state index in [1.54, 1.807) is 0 Å². The van der Waals surface area contributed by atoms with Gasteiger partial charge in [-0.05, 0) is 36.4 Å². The number of halogens is 1. The molecule has 0 fully saturated rings. The Labute approximate surface area is 279 Å². The highest BCUT2D eigenvalue weighted by Gasteiger charge is 2.21. The van der Waals surface area contributed by atoms with Gasteiger partial charge in [-0.1, -0.05) is 18.7 Å². The Morgan fingerprint density at radius 1 is 0.918 bits per heavy atom. The summed E-state index contributed by atoms with van der Waals surface area (Å²) in [7, 11) is -13.1. The largest absolute Gasteiger partial charge is 0.379 e. The van der Waals surface area contributed by atoms with E-state index in [-0.39, 0.29) is 70.9 Å². The molecule has 5 N–H and O–H groups in total. The molecule has 3 aromatic carbocycles. The van der Waals surface area contributed by atoms with E-state index in [0.29, 0.717) is 0 Å². The van der Waals surface area contributed by atoms with Crippen LogP contribution >= 0.6 is 0 Å². The molecule has 1 amide bonds. The Kier molecular flexibility index (Phi) is 11.3. The summed E-state index contributed by atoms with van der Waals surface area (Å²) in [5, 5.41) is 16.4. The number of hydrogen-bond acceptors (Lipinski definition) is 15. The molecule has 0 aliphatic heterocycles. The second-order valence-corrected chi connectivity index (χ2v) is 14.7. The molecule has 0 saturated heterocycles. The Morgan fingerprint density at radius 3 is 2.31 bits per heavy atom. The number of hydrogen-bond donors (Lipinski definition) is 5. The number of carbonyl (C=O) groups is 1. The first-order valence-corrected chi connectivity index (χ1v) is 18.3. The van der Waals surface area contributed by atoms with Crippen molar-refractivity contribution in [1.82, 2.24) is 15.0 Å². The lowest BCUT2D eigenvalue weighted by Gasteiger charge is -2.11. The molecule has 0 unspecified atom stereocenters. The second-order valence-electron chi connectivity index (χ2n) is 9.81. The van der Waals surface area contributed by atoms with E-state index in [9.17, 15) is 43.5 Å². The molecule has 1 heterocycles. The average Bonchev–Trinajstić information content (AvgIpc) is 3.00. The van der Waals surface area contributed by atoms with E-state index < -0.39 is 51.8 Å². The highest BCUT2D eigenvalue weighted by Crippen LogP contribution is 2.35. The standard InChI is InChI=1S/C27H27FN8O10S3/c1-3-47(38,39)12-11-46-10-9-29-26-32-25(28)33-27(34-26)31-17-7-8-21(22(14-17)30-16(2)37)36-35-18-13-20-19(24(15-18)49(43,44)45)5-4-6-23(20)48(40,41)42/h3-8,13-15H,1,9-12H2,2H3,(H,30,37)(H,40,41,42)(H,43,44,45)(H2,29,31,32,33,34)/b36-35+. The van der Waals surface area contributed by atoms with Gasteiger partial charge in [0.15, 0.2) is 9.84 Å². The quantitative estimate of drug-likeness (QED) is 0.0660. The van der Waals surface area contributed by atoms with Crippen LogP contribution in [0.4, 0.5) is 39.0 Å². The molecule has 260 valence electrons. The van der Waals surface area contributed by atoms with Crippen LogP contribution in [-0.4, -0.2) is 80.7 Å². The number of azo groups is 1. The average molecular weight is 739 g/mol. The van der Waals surface area contributed by atoms with E-state index in [0.717, 1.165) is 23.6 Å². The summed E-state index contributed by atoms with van der Waals surface area (Å²) in [6, 6.07) is 9.67. The van der Waals surface area contributed by atoms with Crippen molar-refractivity contribution in [3.05, 3.63) is 66.6 Å². The van der Waals surface area contributed by atoms with Gasteiger partial charge in [0.25, 0.3) is 20.2 Å². The van der Waals surface area contributed by atoms with Gasteiger partial charge in [-0.3, -0.25) is 13.9 Å². The van der Waals surface area contributed by atoms with Gasteiger partial charge in [-0.15, -0.1) is 5.11 Å². The minimum Gasteiger partial charge on any atom is -0.379 e. The Hall–Kier alpha value is -5.00. The SMILES string of the molecule is C=CS(=O)(=O)CCOCCNc1nc(F)nc(Nc2ccc(/N=N/c3cc(S(=O)(=O)O)c4cccc(S(=O)(=O)O)c4c3)c(NC(C)=O)c2)n1. The van der Waals surface area contributed by atoms with E-state index >= 15 is 0 Å². The fraction of sp³-hybridized carbons (Fsp3) is 0.185. The van der Waals surface area contributed by atoms with Crippen molar-refractivity contribution in [2.45, 2.75) is 16.7 Å². The third kappa shape index (κ3) is 10.2. The molecule has 4 aromatic rings. The molecule has 0 aliphatic carbocycles. The third-order valence-corrected chi connectivity index (χ3v) is 9.25. The molecule has 0 spiro atoms. The number of sulfone groups is 1. The molecule has 0 atom stereocenters. The first-order chi connectivity index (χ1) is 22.9. The third-order valence-electron chi connectivity index (χ3n) is 6.20. The zero-order valence-electron chi connectivity index (χ0n) is 25.2. The van der Waals surface area contributed by atoms with E-state index in [2.05, 4.69) is 47.7 Å². The van der Waals surface area contributed by atoms with Crippen LogP contribution in [0.3, 0.4) is 0 Å². The minimum atomic E-state index is -4.90. The van der Waals surface area contributed by atoms with E-state index in [1.807, 2.05) is 0 Å². The van der Waals surface area contributed by atoms with Crippen LogP contribution in [0.5, 0.6) is 0 Å². The van der Waals surface area contributed by atoms with Crippen molar-refractivity contribution in [2.24, 2.45) is 10.2 Å². The number of nitrogens with one attached hydrogen (secondary N) is 3. The lowest BCUT2D eigenvalue weighted by Crippen LogP contribution is -2.16. The monoisotopic (exact) mass is 738 g/mol. The van der Waals surface area contributed by atoms with Crippen molar-refractivity contribution < 1.29 is 48.3 Å². The smallest absolute Gasteiger partial charge is 0.315 e. The number of benzene rings is 3. The topological polar surface area (TPSA) is 269 Å². The highest BCUT2D eigenvalue weighted by atomic mass is 32.2. The van der Waals surface area contributed by atoms with Crippen LogP contribution < -0.4 is 16.0 Å². The number of anilines is 4. The van der Waals surface area contributed by atoms with Crippen molar-refractivity contribution in [3.8, 4) is 0 Å². The lowest BCUT2D eigenvalue weighted by molar-refractivity contribution is -0.114. The maximum atomic E-state index is 14.2. The van der Waals surface area contributed by atoms with E-state index in [1.165, 1.54) is 37.3 Å². The summed E-state index contributed by atoms with van der Waals surface area (Å²) < 4.78 is 110. The van der Waals surface area contributed by atoms with Crippen molar-refractivity contribution >= 4 is 81.4 Å². The van der Waals surface area contributed by atoms with Crippen LogP contribution in [0.15, 0.2) is 80.5 Å². The molecule has 4 rings (SSSR count). The summed E-state index contributed by atoms with van der Waals surface area (Å²) in [5.41, 5.74) is 0.102. The molecule has 1 aromatic heterocycles. The molecule has 49 heavy (non-hydrogen) atoms. The van der Waals surface area contributed by atoms with E-state index in [4.69, 9.17) is 4.74 Å². The predicted molar refractivity (Wildman–Crippen MR) is 175 cm³/mol. The highest BCUT2D eigenvalue weighted by molar-refractivity contribution is 7.94. The first kappa shape index (κ1) is 36.8. The van der Waals surface area contributed by atoms with Crippen molar-refractivity contribution in [2.75, 3.05) is 41.5 Å². The number of nitrogens with zero attached hydrogens (tertiary/aromatic N) is 5. The lowest BCUT2D eigenvalue weighted by atomic mass is 10.1. The van der Waals surface area contributed by atoms with Gasteiger partial charge < -0.3 is 20.7 Å². The molecule has 0 saturated carbocycles. The summed E-state index contributed by atoms with van der Waals surface area (Å²) in [5.74, 6) is -1.17. The molecule has 0 aliphatic rings. The van der Waals surface area contributed by atoms with Crippen LogP contribution in [0.1, 0.15) is 6.92 Å². The van der Waals surface area contributed by atoms with Gasteiger partial charge in [0, 0.05) is 35.3 Å². The van der Waals surface area contributed by atoms with Gasteiger partial charge in [-0.25, -0.2) is 8.42 Å². The zero-order chi connectivity index (χ0) is 36.0. The molecule has 22 heteroatoms. The molecule has 0 bridgehead atoms. The number of fused-ring (bicyclic) bond motifs is 1. The van der Waals surface area contributed by atoms with Gasteiger partial charge in [0.1, 0.15) is 15.5 Å². The number of rotatable bonds is 15. The van der Waals surface area contributed by atoms with Crippen molar-refractivity contribution in [1.29, 1.82) is 0 Å². The molecular weight excluding hydrogens is 712 g/mol. The second kappa shape index (κ2) is 15.0. The number of carbonyl (C=O) groups excluding carboxylic acids is 1.